The Morgan fingerprint density at radius 3 is 2.46 bits per heavy atom. The van der Waals surface area contributed by atoms with Crippen LogP contribution in [0.2, 0.25) is 0 Å². The number of benzene rings is 2. The molecule has 28 heavy (non-hydrogen) atoms. The number of methoxy groups -OCH3 is 1. The molecule has 2 N–H and O–H groups in total. The fourth-order valence-corrected chi connectivity index (χ4v) is 4.66. The van der Waals surface area contributed by atoms with Gasteiger partial charge in [-0.1, -0.05) is 29.8 Å². The van der Waals surface area contributed by atoms with E-state index >= 15 is 0 Å². The molecule has 2 aromatic carbocycles. The van der Waals surface area contributed by atoms with Crippen molar-refractivity contribution < 1.29 is 17.4 Å². The summed E-state index contributed by atoms with van der Waals surface area (Å²) in [5.74, 6) is 1.18. The maximum absolute atomic E-state index is 12.1. The van der Waals surface area contributed by atoms with Crippen molar-refractivity contribution in [1.82, 2.24) is 0 Å². The highest BCUT2D eigenvalue weighted by molar-refractivity contribution is 7.89. The van der Waals surface area contributed by atoms with E-state index in [0.717, 1.165) is 34.4 Å². The van der Waals surface area contributed by atoms with Crippen LogP contribution in [0.4, 0.5) is 0 Å². The summed E-state index contributed by atoms with van der Waals surface area (Å²) in [5.41, 5.74) is 6.37. The molecule has 2 aromatic rings. The van der Waals surface area contributed by atoms with Crippen molar-refractivity contribution in [3.8, 4) is 5.75 Å². The number of fused-ring (bicyclic) bond motifs is 1. The summed E-state index contributed by atoms with van der Waals surface area (Å²) in [5, 5.41) is 5.17. The first-order valence-electron chi connectivity index (χ1n) is 8.70. The second kappa shape index (κ2) is 8.03. The molecular formula is C21H23NO4S2. The molecule has 7 heteroatoms. The van der Waals surface area contributed by atoms with Crippen LogP contribution in [-0.4, -0.2) is 31.7 Å². The first-order chi connectivity index (χ1) is 13.2. The van der Waals surface area contributed by atoms with E-state index in [2.05, 4.69) is 13.0 Å². The zero-order chi connectivity index (χ0) is 20.5. The van der Waals surface area contributed by atoms with Gasteiger partial charge in [0.15, 0.2) is 0 Å². The SMILES string of the molecule is COc1ccc2c(c1)C(/C(=C/c1ccc(S(N)(=O)=O)cc1)CS(C)=O)=C(C)C2. The lowest BCUT2D eigenvalue weighted by Gasteiger charge is -2.13. The van der Waals surface area contributed by atoms with Gasteiger partial charge < -0.3 is 4.74 Å². The van der Waals surface area contributed by atoms with Crippen molar-refractivity contribution in [2.45, 2.75) is 18.2 Å². The van der Waals surface area contributed by atoms with Gasteiger partial charge >= 0.3 is 0 Å². The summed E-state index contributed by atoms with van der Waals surface area (Å²) in [6, 6.07) is 12.4. The van der Waals surface area contributed by atoms with Crippen LogP contribution in [0, 0.1) is 0 Å². The minimum Gasteiger partial charge on any atom is -0.497 e. The van der Waals surface area contributed by atoms with Gasteiger partial charge in [-0.25, -0.2) is 13.6 Å². The van der Waals surface area contributed by atoms with Gasteiger partial charge in [0.05, 0.1) is 12.0 Å². The van der Waals surface area contributed by atoms with Crippen LogP contribution < -0.4 is 9.88 Å². The molecule has 0 radical (unpaired) electrons. The molecule has 0 heterocycles. The molecule has 1 aliphatic rings. The fraction of sp³-hybridized carbons (Fsp3) is 0.238. The Balaban J connectivity index is 2.08. The minimum atomic E-state index is -3.73. The smallest absolute Gasteiger partial charge is 0.238 e. The molecule has 148 valence electrons. The van der Waals surface area contributed by atoms with Crippen molar-refractivity contribution >= 4 is 32.5 Å². The third kappa shape index (κ3) is 4.43. The van der Waals surface area contributed by atoms with Crippen molar-refractivity contribution in [3.05, 3.63) is 70.3 Å². The second-order valence-corrected chi connectivity index (χ2v) is 9.85. The topological polar surface area (TPSA) is 86.5 Å². The van der Waals surface area contributed by atoms with E-state index in [1.54, 1.807) is 25.5 Å². The van der Waals surface area contributed by atoms with Crippen LogP contribution in [0.1, 0.15) is 23.6 Å². The first-order valence-corrected chi connectivity index (χ1v) is 12.0. The van der Waals surface area contributed by atoms with Gasteiger partial charge in [-0.05, 0) is 65.4 Å². The quantitative estimate of drug-likeness (QED) is 0.782. The van der Waals surface area contributed by atoms with Gasteiger partial charge in [0.25, 0.3) is 0 Å². The Kier molecular flexibility index (Phi) is 5.88. The fourth-order valence-electron chi connectivity index (χ4n) is 3.48. The van der Waals surface area contributed by atoms with Crippen molar-refractivity contribution in [3.63, 3.8) is 0 Å². The van der Waals surface area contributed by atoms with E-state index in [0.29, 0.717) is 5.75 Å². The summed E-state index contributed by atoms with van der Waals surface area (Å²) in [6.07, 6.45) is 4.48. The van der Waals surface area contributed by atoms with Crippen LogP contribution in [0.3, 0.4) is 0 Å². The summed E-state index contributed by atoms with van der Waals surface area (Å²) in [6.45, 7) is 2.08. The Hall–Kier alpha value is -2.22. The summed E-state index contributed by atoms with van der Waals surface area (Å²) in [4.78, 5) is 0.0663. The average molecular weight is 418 g/mol. The third-order valence-corrected chi connectivity index (χ3v) is 6.34. The molecule has 0 aliphatic heterocycles. The van der Waals surface area contributed by atoms with Gasteiger partial charge in [0.1, 0.15) is 5.75 Å². The van der Waals surface area contributed by atoms with E-state index in [4.69, 9.17) is 9.88 Å². The Morgan fingerprint density at radius 2 is 1.89 bits per heavy atom. The maximum Gasteiger partial charge on any atom is 0.238 e. The van der Waals surface area contributed by atoms with E-state index < -0.39 is 20.8 Å². The Morgan fingerprint density at radius 1 is 1.21 bits per heavy atom. The zero-order valence-corrected chi connectivity index (χ0v) is 17.7. The van der Waals surface area contributed by atoms with Crippen molar-refractivity contribution in [2.24, 2.45) is 5.14 Å². The van der Waals surface area contributed by atoms with Gasteiger partial charge in [-0.3, -0.25) is 4.21 Å². The normalized spacial score (nSPS) is 15.5. The van der Waals surface area contributed by atoms with E-state index in [1.807, 2.05) is 18.2 Å². The average Bonchev–Trinajstić information content (AvgIpc) is 2.95. The molecule has 1 atom stereocenters. The summed E-state index contributed by atoms with van der Waals surface area (Å²) in [7, 11) is -3.13. The number of allylic oxidation sites excluding steroid dienone is 2. The highest BCUT2D eigenvalue weighted by Crippen LogP contribution is 2.40. The molecule has 1 aliphatic carbocycles. The monoisotopic (exact) mass is 417 g/mol. The highest BCUT2D eigenvalue weighted by atomic mass is 32.2. The number of hydrogen-bond donors (Lipinski definition) is 1. The lowest BCUT2D eigenvalue weighted by atomic mass is 9.96. The lowest BCUT2D eigenvalue weighted by molar-refractivity contribution is 0.414. The van der Waals surface area contributed by atoms with Crippen LogP contribution in [-0.2, 0) is 27.2 Å². The van der Waals surface area contributed by atoms with Gasteiger partial charge in [-0.15, -0.1) is 0 Å². The lowest BCUT2D eigenvalue weighted by Crippen LogP contribution is -2.11. The molecule has 0 spiro atoms. The molecule has 5 nitrogen and oxygen atoms in total. The third-order valence-electron chi connectivity index (χ3n) is 4.70. The summed E-state index contributed by atoms with van der Waals surface area (Å²) >= 11 is 0. The number of primary sulfonamides is 1. The predicted octanol–water partition coefficient (Wildman–Crippen LogP) is 3.13. The predicted molar refractivity (Wildman–Crippen MR) is 114 cm³/mol. The molecule has 3 rings (SSSR count). The second-order valence-electron chi connectivity index (χ2n) is 6.86. The molecular weight excluding hydrogens is 394 g/mol. The highest BCUT2D eigenvalue weighted by Gasteiger charge is 2.23. The number of rotatable bonds is 6. The standard InChI is InChI=1S/C21H23NO4S2/c1-14-10-16-6-7-18(26-2)12-20(16)21(14)17(13-27(3)23)11-15-4-8-19(9-5-15)28(22,24)25/h4-9,11-12H,10,13H2,1-3H3,(H2,22,24,25)/b17-11+. The van der Waals surface area contributed by atoms with Crippen molar-refractivity contribution in [2.75, 3.05) is 19.1 Å². The minimum absolute atomic E-state index is 0.0663. The number of hydrogen-bond acceptors (Lipinski definition) is 4. The molecule has 0 bridgehead atoms. The molecule has 0 amide bonds. The molecule has 0 saturated carbocycles. The van der Waals surface area contributed by atoms with E-state index in [9.17, 15) is 12.6 Å². The summed E-state index contributed by atoms with van der Waals surface area (Å²) < 4.78 is 40.4. The zero-order valence-electron chi connectivity index (χ0n) is 16.1. The van der Waals surface area contributed by atoms with Crippen molar-refractivity contribution in [1.29, 1.82) is 0 Å². The van der Waals surface area contributed by atoms with Crippen LogP contribution >= 0.6 is 0 Å². The Labute approximate surface area is 168 Å². The maximum atomic E-state index is 12.1. The van der Waals surface area contributed by atoms with E-state index in [-0.39, 0.29) is 4.90 Å². The van der Waals surface area contributed by atoms with Crippen LogP contribution in [0.5, 0.6) is 5.75 Å². The van der Waals surface area contributed by atoms with Gasteiger partial charge in [0.2, 0.25) is 10.0 Å². The number of sulfonamides is 1. The number of ether oxygens (including phenoxy) is 1. The molecule has 0 saturated heterocycles. The largest absolute Gasteiger partial charge is 0.497 e. The first kappa shape index (κ1) is 20.5. The molecule has 1 unspecified atom stereocenters. The van der Waals surface area contributed by atoms with Gasteiger partial charge in [-0.2, -0.15) is 0 Å². The molecule has 0 aromatic heterocycles. The van der Waals surface area contributed by atoms with Gasteiger partial charge in [0, 0.05) is 22.8 Å². The number of nitrogens with two attached hydrogens (primary N) is 1. The van der Waals surface area contributed by atoms with Crippen LogP contribution in [0.25, 0.3) is 11.6 Å². The van der Waals surface area contributed by atoms with Crippen LogP contribution in [0.15, 0.2) is 58.5 Å². The van der Waals surface area contributed by atoms with E-state index in [1.165, 1.54) is 23.3 Å². The Bertz CT molecular complexity index is 1100. The molecule has 0 fully saturated rings.